The normalized spacial score (nSPS) is 13.4. The van der Waals surface area contributed by atoms with Crippen molar-refractivity contribution in [3.63, 3.8) is 0 Å². The van der Waals surface area contributed by atoms with Crippen molar-refractivity contribution in [3.8, 4) is 11.6 Å². The summed E-state index contributed by atoms with van der Waals surface area (Å²) in [6, 6.07) is 8.47. The number of anilines is 1. The highest BCUT2D eigenvalue weighted by Gasteiger charge is 2.33. The van der Waals surface area contributed by atoms with Gasteiger partial charge >= 0.3 is 6.18 Å². The van der Waals surface area contributed by atoms with Gasteiger partial charge < -0.3 is 10.1 Å². The summed E-state index contributed by atoms with van der Waals surface area (Å²) >= 11 is 5.59. The highest BCUT2D eigenvalue weighted by atomic mass is 35.5. The largest absolute Gasteiger partial charge is 0.439 e. The summed E-state index contributed by atoms with van der Waals surface area (Å²) in [5, 5.41) is 2.19. The second-order valence-corrected chi connectivity index (χ2v) is 8.47. The fourth-order valence-electron chi connectivity index (χ4n) is 3.30. The first kappa shape index (κ1) is 24.6. The molecular formula is C24H18ClF4N3O3. The Kier molecular flexibility index (Phi) is 7.02. The minimum Gasteiger partial charge on any atom is -0.439 e. The van der Waals surface area contributed by atoms with Crippen LogP contribution in [0.2, 0.25) is 5.02 Å². The summed E-state index contributed by atoms with van der Waals surface area (Å²) in [4.78, 5) is 32.1. The zero-order valence-corrected chi connectivity index (χ0v) is 18.8. The van der Waals surface area contributed by atoms with Crippen LogP contribution in [0.1, 0.15) is 29.5 Å². The Morgan fingerprint density at radius 1 is 1.06 bits per heavy atom. The molecule has 1 aromatic heterocycles. The molecule has 0 atom stereocenters. The third-order valence-corrected chi connectivity index (χ3v) is 5.54. The van der Waals surface area contributed by atoms with Crippen LogP contribution in [-0.4, -0.2) is 21.7 Å². The van der Waals surface area contributed by atoms with Crippen LogP contribution in [0.4, 0.5) is 23.4 Å². The number of ketones is 1. The topological polar surface area (TPSA) is 81.2 Å². The summed E-state index contributed by atoms with van der Waals surface area (Å²) in [5.74, 6) is -0.903. The molecule has 1 N–H and O–H groups in total. The quantitative estimate of drug-likeness (QED) is 0.391. The minimum atomic E-state index is -4.65. The highest BCUT2D eigenvalue weighted by Crippen LogP contribution is 2.35. The molecule has 1 aliphatic rings. The smallest absolute Gasteiger partial charge is 0.417 e. The second kappa shape index (κ2) is 9.99. The Morgan fingerprint density at radius 3 is 2.51 bits per heavy atom. The molecule has 0 bridgehead atoms. The van der Waals surface area contributed by atoms with Crippen molar-refractivity contribution < 1.29 is 31.9 Å². The summed E-state index contributed by atoms with van der Waals surface area (Å²) < 4.78 is 59.2. The van der Waals surface area contributed by atoms with Crippen LogP contribution in [0, 0.1) is 11.7 Å². The van der Waals surface area contributed by atoms with Gasteiger partial charge in [-0.2, -0.15) is 13.2 Å². The average molecular weight is 508 g/mol. The standard InChI is InChI=1S/C24H18ClF4N3O3/c25-19-6-1-13(8-18(19)24(27,28)29)7-16(33)9-15-4-5-17(10-20(15)26)35-22-11-21(30-12-31-22)32-23(34)14-2-3-14/h1,4-6,8,10-12,14H,2-3,7,9H2,(H,30,31,32,34). The number of benzene rings is 2. The zero-order valence-electron chi connectivity index (χ0n) is 18.0. The summed E-state index contributed by atoms with van der Waals surface area (Å²) in [7, 11) is 0. The molecule has 182 valence electrons. The maximum atomic E-state index is 14.6. The molecule has 35 heavy (non-hydrogen) atoms. The third-order valence-electron chi connectivity index (χ3n) is 5.21. The lowest BCUT2D eigenvalue weighted by Crippen LogP contribution is -2.14. The molecule has 4 rings (SSSR count). The number of carbonyl (C=O) groups is 2. The van der Waals surface area contributed by atoms with Gasteiger partial charge in [-0.3, -0.25) is 9.59 Å². The van der Waals surface area contributed by atoms with Crippen molar-refractivity contribution in [1.29, 1.82) is 0 Å². The van der Waals surface area contributed by atoms with Crippen molar-refractivity contribution in [2.75, 3.05) is 5.32 Å². The number of Topliss-reactive ketones (excluding diaryl/α,β-unsaturated/α-hetero) is 1. The number of hydrogen-bond donors (Lipinski definition) is 1. The van der Waals surface area contributed by atoms with Crippen LogP contribution in [0.3, 0.4) is 0 Å². The summed E-state index contributed by atoms with van der Waals surface area (Å²) in [6.45, 7) is 0. The monoisotopic (exact) mass is 507 g/mol. The van der Waals surface area contributed by atoms with Gasteiger partial charge in [-0.15, -0.1) is 0 Å². The molecule has 1 fully saturated rings. The minimum absolute atomic E-state index is 0.00920. The number of hydrogen-bond acceptors (Lipinski definition) is 5. The number of nitrogens with zero attached hydrogens (tertiary/aromatic N) is 2. The van der Waals surface area contributed by atoms with Crippen LogP contribution >= 0.6 is 11.6 Å². The van der Waals surface area contributed by atoms with Gasteiger partial charge in [0, 0.05) is 30.9 Å². The number of alkyl halides is 3. The van der Waals surface area contributed by atoms with Gasteiger partial charge in [0.25, 0.3) is 0 Å². The van der Waals surface area contributed by atoms with Gasteiger partial charge in [0.05, 0.1) is 10.6 Å². The predicted octanol–water partition coefficient (Wildman–Crippen LogP) is 5.78. The number of aromatic nitrogens is 2. The maximum absolute atomic E-state index is 14.6. The first-order valence-electron chi connectivity index (χ1n) is 10.5. The molecule has 1 amide bonds. The van der Waals surface area contributed by atoms with Crippen LogP contribution in [-0.2, 0) is 28.6 Å². The average Bonchev–Trinajstić information content (AvgIpc) is 3.62. The first-order chi connectivity index (χ1) is 16.6. The summed E-state index contributed by atoms with van der Waals surface area (Å²) in [6.07, 6.45) is -2.41. The highest BCUT2D eigenvalue weighted by molar-refractivity contribution is 6.31. The molecule has 11 heteroatoms. The van der Waals surface area contributed by atoms with E-state index in [1.54, 1.807) is 0 Å². The Morgan fingerprint density at radius 2 is 1.83 bits per heavy atom. The van der Waals surface area contributed by atoms with Gasteiger partial charge in [0.1, 0.15) is 29.5 Å². The molecule has 0 radical (unpaired) electrons. The molecule has 6 nitrogen and oxygen atoms in total. The maximum Gasteiger partial charge on any atom is 0.417 e. The van der Waals surface area contributed by atoms with E-state index in [1.165, 1.54) is 30.6 Å². The van der Waals surface area contributed by atoms with E-state index in [4.69, 9.17) is 16.3 Å². The molecule has 1 heterocycles. The van der Waals surface area contributed by atoms with Crippen molar-refractivity contribution in [2.24, 2.45) is 5.92 Å². The third kappa shape index (κ3) is 6.54. The van der Waals surface area contributed by atoms with Gasteiger partial charge in [0.15, 0.2) is 0 Å². The lowest BCUT2D eigenvalue weighted by molar-refractivity contribution is -0.137. The fourth-order valence-corrected chi connectivity index (χ4v) is 3.52. The number of carbonyl (C=O) groups excluding carboxylic acids is 2. The lowest BCUT2D eigenvalue weighted by Gasteiger charge is -2.11. The Labute approximate surface area is 202 Å². The van der Waals surface area contributed by atoms with Crippen molar-refractivity contribution in [3.05, 3.63) is 76.3 Å². The van der Waals surface area contributed by atoms with Gasteiger partial charge in [-0.25, -0.2) is 14.4 Å². The molecule has 2 aromatic carbocycles. The Hall–Kier alpha value is -3.53. The SMILES string of the molecule is O=C(Cc1ccc(Cl)c(C(F)(F)F)c1)Cc1ccc(Oc2cc(NC(=O)C3CC3)ncn2)cc1F. The van der Waals surface area contributed by atoms with E-state index in [1.807, 2.05) is 0 Å². The molecule has 1 saturated carbocycles. The number of ether oxygens (including phenoxy) is 1. The van der Waals surface area contributed by atoms with E-state index < -0.39 is 28.4 Å². The second-order valence-electron chi connectivity index (χ2n) is 8.06. The van der Waals surface area contributed by atoms with Crippen molar-refractivity contribution >= 4 is 29.1 Å². The summed E-state index contributed by atoms with van der Waals surface area (Å²) in [5.41, 5.74) is -0.843. The van der Waals surface area contributed by atoms with Gasteiger partial charge in [-0.1, -0.05) is 23.7 Å². The molecule has 0 spiro atoms. The zero-order chi connectivity index (χ0) is 25.2. The lowest BCUT2D eigenvalue weighted by atomic mass is 10.0. The van der Waals surface area contributed by atoms with E-state index in [9.17, 15) is 27.2 Å². The van der Waals surface area contributed by atoms with Crippen molar-refractivity contribution in [2.45, 2.75) is 31.9 Å². The van der Waals surface area contributed by atoms with Crippen LogP contribution < -0.4 is 10.1 Å². The number of amides is 1. The molecule has 0 saturated heterocycles. The molecule has 0 aliphatic heterocycles. The Balaban J connectivity index is 1.39. The van der Waals surface area contributed by atoms with E-state index >= 15 is 0 Å². The molecular weight excluding hydrogens is 490 g/mol. The predicted molar refractivity (Wildman–Crippen MR) is 119 cm³/mol. The van der Waals surface area contributed by atoms with E-state index in [-0.39, 0.29) is 53.2 Å². The molecule has 0 unspecified atom stereocenters. The number of halogens is 5. The fraction of sp³-hybridized carbons (Fsp3) is 0.250. The number of rotatable bonds is 8. The number of nitrogens with one attached hydrogen (secondary N) is 1. The van der Waals surface area contributed by atoms with E-state index in [0.717, 1.165) is 31.0 Å². The first-order valence-corrected chi connectivity index (χ1v) is 10.9. The van der Waals surface area contributed by atoms with Gasteiger partial charge in [0.2, 0.25) is 11.8 Å². The molecule has 3 aromatic rings. The van der Waals surface area contributed by atoms with Crippen LogP contribution in [0.15, 0.2) is 48.8 Å². The molecule has 1 aliphatic carbocycles. The van der Waals surface area contributed by atoms with E-state index in [0.29, 0.717) is 0 Å². The van der Waals surface area contributed by atoms with Crippen LogP contribution in [0.5, 0.6) is 11.6 Å². The van der Waals surface area contributed by atoms with Gasteiger partial charge in [-0.05, 0) is 42.2 Å². The van der Waals surface area contributed by atoms with Crippen molar-refractivity contribution in [1.82, 2.24) is 9.97 Å². The Bertz CT molecular complexity index is 1280. The van der Waals surface area contributed by atoms with Crippen LogP contribution in [0.25, 0.3) is 0 Å². The van der Waals surface area contributed by atoms with E-state index in [2.05, 4.69) is 15.3 Å².